The van der Waals surface area contributed by atoms with Crippen molar-refractivity contribution in [3.63, 3.8) is 0 Å². The van der Waals surface area contributed by atoms with Crippen LogP contribution in [0.15, 0.2) is 41.2 Å². The number of aromatic nitrogens is 2. The van der Waals surface area contributed by atoms with Gasteiger partial charge in [0.15, 0.2) is 5.69 Å². The first-order valence-electron chi connectivity index (χ1n) is 7.30. The van der Waals surface area contributed by atoms with E-state index >= 15 is 0 Å². The summed E-state index contributed by atoms with van der Waals surface area (Å²) in [6.07, 6.45) is 0. The highest BCUT2D eigenvalue weighted by Crippen LogP contribution is 2.23. The van der Waals surface area contributed by atoms with E-state index in [0.29, 0.717) is 5.06 Å². The normalized spacial score (nSPS) is 13.1. The molecule has 25 heavy (non-hydrogen) atoms. The Hall–Kier alpha value is -3.33. The Labute approximate surface area is 141 Å². The fourth-order valence-corrected chi connectivity index (χ4v) is 2.28. The fourth-order valence-electron chi connectivity index (χ4n) is 2.28. The van der Waals surface area contributed by atoms with Crippen LogP contribution in [0.25, 0.3) is 0 Å². The van der Waals surface area contributed by atoms with Gasteiger partial charge < -0.3 is 9.57 Å². The van der Waals surface area contributed by atoms with Crippen molar-refractivity contribution < 1.29 is 24.0 Å². The van der Waals surface area contributed by atoms with Crippen LogP contribution in [0.5, 0.6) is 0 Å². The fraction of sp³-hybridized carbons (Fsp3) is 0.188. The van der Waals surface area contributed by atoms with Crippen LogP contribution < -0.4 is 5.56 Å². The van der Waals surface area contributed by atoms with E-state index in [1.165, 1.54) is 19.2 Å². The van der Waals surface area contributed by atoms with E-state index in [1.807, 2.05) is 0 Å². The second kappa shape index (κ2) is 6.65. The van der Waals surface area contributed by atoms with Gasteiger partial charge in [0.1, 0.15) is 0 Å². The third-order valence-corrected chi connectivity index (χ3v) is 3.51. The number of benzene rings is 1. The van der Waals surface area contributed by atoms with Gasteiger partial charge in [-0.3, -0.25) is 14.4 Å². The van der Waals surface area contributed by atoms with Gasteiger partial charge in [-0.1, -0.05) is 17.2 Å². The van der Waals surface area contributed by atoms with Gasteiger partial charge in [0.25, 0.3) is 17.4 Å². The summed E-state index contributed by atoms with van der Waals surface area (Å²) in [5.74, 6) is -2.50. The van der Waals surface area contributed by atoms with Gasteiger partial charge in [0.2, 0.25) is 0 Å². The standard InChI is InChI=1S/C16H13N3O6/c1-24-9-8-18-13(20)7-6-12(17-18)16(23)25-19-14(21)10-4-2-3-5-11(10)15(19)22/h2-7H,8-9H2,1H3. The number of ether oxygens (including phenoxy) is 1. The lowest BCUT2D eigenvalue weighted by Crippen LogP contribution is -2.34. The zero-order chi connectivity index (χ0) is 18.0. The molecule has 2 heterocycles. The van der Waals surface area contributed by atoms with Crippen LogP contribution in [0.4, 0.5) is 0 Å². The summed E-state index contributed by atoms with van der Waals surface area (Å²) in [4.78, 5) is 53.1. The summed E-state index contributed by atoms with van der Waals surface area (Å²) in [6.45, 7) is 0.368. The molecule has 2 aromatic rings. The first-order chi connectivity index (χ1) is 12.0. The molecule has 128 valence electrons. The third kappa shape index (κ3) is 3.04. The minimum Gasteiger partial charge on any atom is -0.383 e. The quantitative estimate of drug-likeness (QED) is 0.716. The number of hydrogen-bond donors (Lipinski definition) is 0. The molecule has 9 heteroatoms. The predicted octanol–water partition coefficient (Wildman–Crippen LogP) is 0.258. The van der Waals surface area contributed by atoms with E-state index in [4.69, 9.17) is 9.57 Å². The molecule has 0 radical (unpaired) electrons. The van der Waals surface area contributed by atoms with E-state index in [2.05, 4.69) is 5.10 Å². The SMILES string of the molecule is COCCn1nc(C(=O)ON2C(=O)c3ccccc3C2=O)ccc1=O. The van der Waals surface area contributed by atoms with Crippen molar-refractivity contribution in [2.75, 3.05) is 13.7 Å². The Bertz CT molecular complexity index is 885. The third-order valence-electron chi connectivity index (χ3n) is 3.51. The lowest BCUT2D eigenvalue weighted by Gasteiger charge is -2.12. The highest BCUT2D eigenvalue weighted by atomic mass is 16.7. The molecule has 0 fully saturated rings. The number of hydrogen-bond acceptors (Lipinski definition) is 7. The van der Waals surface area contributed by atoms with Crippen molar-refractivity contribution in [3.8, 4) is 0 Å². The Morgan fingerprint density at radius 1 is 1.04 bits per heavy atom. The van der Waals surface area contributed by atoms with Crippen LogP contribution in [0.3, 0.4) is 0 Å². The van der Waals surface area contributed by atoms with Gasteiger partial charge in [-0.05, 0) is 18.2 Å². The molecular weight excluding hydrogens is 330 g/mol. The minimum atomic E-state index is -1.03. The summed E-state index contributed by atoms with van der Waals surface area (Å²) in [7, 11) is 1.46. The number of fused-ring (bicyclic) bond motifs is 1. The largest absolute Gasteiger partial charge is 0.383 e. The van der Waals surface area contributed by atoms with Gasteiger partial charge in [0, 0.05) is 13.2 Å². The number of rotatable bonds is 5. The maximum absolute atomic E-state index is 12.2. The Balaban J connectivity index is 1.81. The molecule has 1 aromatic heterocycles. The molecule has 0 bridgehead atoms. The lowest BCUT2D eigenvalue weighted by molar-refractivity contribution is -0.0590. The summed E-state index contributed by atoms with van der Waals surface area (Å²) in [5.41, 5.74) is -0.335. The second-order valence-corrected chi connectivity index (χ2v) is 5.10. The summed E-state index contributed by atoms with van der Waals surface area (Å²) < 4.78 is 5.89. The molecule has 1 aliphatic heterocycles. The predicted molar refractivity (Wildman–Crippen MR) is 82.7 cm³/mol. The first kappa shape index (κ1) is 16.5. The molecule has 0 saturated carbocycles. The Kier molecular flexibility index (Phi) is 4.40. The van der Waals surface area contributed by atoms with Gasteiger partial charge >= 0.3 is 5.97 Å². The van der Waals surface area contributed by atoms with Crippen molar-refractivity contribution >= 4 is 17.8 Å². The van der Waals surface area contributed by atoms with E-state index < -0.39 is 23.3 Å². The molecule has 0 unspecified atom stereocenters. The number of nitrogens with zero attached hydrogens (tertiary/aromatic N) is 3. The molecule has 0 N–H and O–H groups in total. The van der Waals surface area contributed by atoms with Crippen LogP contribution >= 0.6 is 0 Å². The molecule has 1 aromatic carbocycles. The van der Waals surface area contributed by atoms with Gasteiger partial charge in [-0.15, -0.1) is 0 Å². The molecule has 0 atom stereocenters. The second-order valence-electron chi connectivity index (χ2n) is 5.10. The number of carbonyl (C=O) groups excluding carboxylic acids is 3. The molecule has 3 rings (SSSR count). The zero-order valence-electron chi connectivity index (χ0n) is 13.2. The van der Waals surface area contributed by atoms with Crippen LogP contribution in [0, 0.1) is 0 Å². The minimum absolute atomic E-state index is 0.142. The zero-order valence-corrected chi connectivity index (χ0v) is 13.2. The average Bonchev–Trinajstić information content (AvgIpc) is 2.86. The molecule has 0 spiro atoms. The molecule has 0 saturated heterocycles. The monoisotopic (exact) mass is 343 g/mol. The maximum Gasteiger partial charge on any atom is 0.383 e. The highest BCUT2D eigenvalue weighted by molar-refractivity contribution is 6.21. The van der Waals surface area contributed by atoms with Gasteiger partial charge in [0.05, 0.1) is 24.3 Å². The number of imide groups is 1. The average molecular weight is 343 g/mol. The van der Waals surface area contributed by atoms with Crippen molar-refractivity contribution in [1.82, 2.24) is 14.8 Å². The van der Waals surface area contributed by atoms with Crippen molar-refractivity contribution in [3.05, 3.63) is 63.6 Å². The highest BCUT2D eigenvalue weighted by Gasteiger charge is 2.39. The van der Waals surface area contributed by atoms with E-state index in [1.54, 1.807) is 12.1 Å². The molecule has 0 aliphatic carbocycles. The van der Waals surface area contributed by atoms with Gasteiger partial charge in [-0.2, -0.15) is 5.10 Å². The molecule has 1 aliphatic rings. The summed E-state index contributed by atoms with van der Waals surface area (Å²) in [5, 5.41) is 4.24. The number of methoxy groups -OCH3 is 1. The Morgan fingerprint density at radius 2 is 1.68 bits per heavy atom. The number of carbonyl (C=O) groups is 3. The molecular formula is C16H13N3O6. The number of hydroxylamine groups is 2. The van der Waals surface area contributed by atoms with Crippen LogP contribution in [0.2, 0.25) is 0 Å². The van der Waals surface area contributed by atoms with Crippen molar-refractivity contribution in [2.45, 2.75) is 6.54 Å². The maximum atomic E-state index is 12.2. The molecule has 2 amide bonds. The van der Waals surface area contributed by atoms with Gasteiger partial charge in [-0.25, -0.2) is 9.48 Å². The van der Waals surface area contributed by atoms with Crippen molar-refractivity contribution in [1.29, 1.82) is 0 Å². The lowest BCUT2D eigenvalue weighted by atomic mass is 10.1. The van der Waals surface area contributed by atoms with Crippen molar-refractivity contribution in [2.24, 2.45) is 0 Å². The van der Waals surface area contributed by atoms with E-state index in [-0.39, 0.29) is 30.0 Å². The van der Waals surface area contributed by atoms with Crippen LogP contribution in [-0.4, -0.2) is 46.3 Å². The topological polar surface area (TPSA) is 108 Å². The summed E-state index contributed by atoms with van der Waals surface area (Å²) >= 11 is 0. The van der Waals surface area contributed by atoms with Crippen LogP contribution in [-0.2, 0) is 16.1 Å². The van der Waals surface area contributed by atoms with E-state index in [9.17, 15) is 19.2 Å². The number of amides is 2. The van der Waals surface area contributed by atoms with Crippen LogP contribution in [0.1, 0.15) is 31.2 Å². The first-order valence-corrected chi connectivity index (χ1v) is 7.30. The van der Waals surface area contributed by atoms with E-state index in [0.717, 1.165) is 16.8 Å². The Morgan fingerprint density at radius 3 is 2.28 bits per heavy atom. The molecule has 9 nitrogen and oxygen atoms in total. The smallest absolute Gasteiger partial charge is 0.383 e. The summed E-state index contributed by atoms with van der Waals surface area (Å²) in [6, 6.07) is 8.43.